The molecule has 0 amide bonds. The molecular formula is C15H15N. The largest absolute Gasteiger partial charge is 0.343 e. The maximum Gasteiger partial charge on any atom is 0.0476 e. The number of nitrogens with zero attached hydrogens (tertiary/aromatic N) is 1. The molecule has 1 aromatic heterocycles. The van der Waals surface area contributed by atoms with Gasteiger partial charge in [-0.3, -0.25) is 0 Å². The minimum Gasteiger partial charge on any atom is -0.343 e. The van der Waals surface area contributed by atoms with E-state index in [0.29, 0.717) is 0 Å². The zero-order valence-electron chi connectivity index (χ0n) is 9.26. The van der Waals surface area contributed by atoms with Gasteiger partial charge in [-0.05, 0) is 29.7 Å². The molecule has 0 saturated carbocycles. The number of fused-ring (bicyclic) bond motifs is 1. The highest BCUT2D eigenvalue weighted by Gasteiger charge is 2.00. The molecule has 1 nitrogen and oxygen atoms in total. The summed E-state index contributed by atoms with van der Waals surface area (Å²) in [5.41, 5.74) is 1.36. The van der Waals surface area contributed by atoms with E-state index < -0.39 is 0 Å². The standard InChI is InChI=1S/C15H15N/c1-2-6-13(7-3-1)12-16-11-10-14-8-4-5-9-15(14)16/h1-3,6-11H,4-5,12H2. The van der Waals surface area contributed by atoms with Gasteiger partial charge in [0.15, 0.2) is 0 Å². The SMILES string of the molecule is C1=c2ccn(Cc3ccccc3)c2=CCC1. The van der Waals surface area contributed by atoms with E-state index in [9.17, 15) is 0 Å². The minimum absolute atomic E-state index is 0.973. The van der Waals surface area contributed by atoms with Crippen LogP contribution in [0.25, 0.3) is 12.2 Å². The molecule has 2 aromatic rings. The molecule has 0 atom stereocenters. The highest BCUT2D eigenvalue weighted by atomic mass is 14.9. The second-order valence-corrected chi connectivity index (χ2v) is 4.26. The molecule has 1 aliphatic carbocycles. The Bertz CT molecular complexity index is 590. The van der Waals surface area contributed by atoms with Gasteiger partial charge < -0.3 is 4.57 Å². The van der Waals surface area contributed by atoms with E-state index >= 15 is 0 Å². The van der Waals surface area contributed by atoms with Gasteiger partial charge in [-0.15, -0.1) is 0 Å². The Morgan fingerprint density at radius 1 is 0.938 bits per heavy atom. The zero-order chi connectivity index (χ0) is 10.8. The predicted octanol–water partition coefficient (Wildman–Crippen LogP) is 1.89. The number of rotatable bonds is 2. The van der Waals surface area contributed by atoms with Gasteiger partial charge in [0.05, 0.1) is 0 Å². The third-order valence-electron chi connectivity index (χ3n) is 3.10. The van der Waals surface area contributed by atoms with Crippen LogP contribution < -0.4 is 10.6 Å². The highest BCUT2D eigenvalue weighted by molar-refractivity contribution is 5.36. The van der Waals surface area contributed by atoms with Crippen LogP contribution in [0.3, 0.4) is 0 Å². The fraction of sp³-hybridized carbons (Fsp3) is 0.200. The molecule has 0 spiro atoms. The molecule has 16 heavy (non-hydrogen) atoms. The van der Waals surface area contributed by atoms with E-state index in [0.717, 1.165) is 6.54 Å². The highest BCUT2D eigenvalue weighted by Crippen LogP contribution is 2.01. The number of aromatic nitrogens is 1. The maximum atomic E-state index is 2.35. The average Bonchev–Trinajstić information content (AvgIpc) is 2.74. The molecular weight excluding hydrogens is 194 g/mol. The Morgan fingerprint density at radius 2 is 1.75 bits per heavy atom. The lowest BCUT2D eigenvalue weighted by atomic mass is 10.2. The van der Waals surface area contributed by atoms with Crippen LogP contribution in [-0.2, 0) is 6.54 Å². The van der Waals surface area contributed by atoms with Crippen molar-refractivity contribution in [1.29, 1.82) is 0 Å². The first kappa shape index (κ1) is 9.46. The van der Waals surface area contributed by atoms with Crippen molar-refractivity contribution in [2.24, 2.45) is 0 Å². The van der Waals surface area contributed by atoms with Crippen LogP contribution in [0.4, 0.5) is 0 Å². The van der Waals surface area contributed by atoms with Crippen LogP contribution in [0.1, 0.15) is 18.4 Å². The summed E-state index contributed by atoms with van der Waals surface area (Å²) in [5, 5.41) is 2.78. The van der Waals surface area contributed by atoms with Crippen molar-refractivity contribution >= 4 is 12.2 Å². The number of hydrogen-bond donors (Lipinski definition) is 0. The summed E-state index contributed by atoms with van der Waals surface area (Å²) in [5.74, 6) is 0. The molecule has 3 rings (SSSR count). The molecule has 1 aromatic carbocycles. The van der Waals surface area contributed by atoms with Crippen molar-refractivity contribution in [3.63, 3.8) is 0 Å². The van der Waals surface area contributed by atoms with Crippen molar-refractivity contribution in [2.45, 2.75) is 19.4 Å². The summed E-state index contributed by atoms with van der Waals surface area (Å²) < 4.78 is 2.33. The van der Waals surface area contributed by atoms with Gasteiger partial charge in [0.1, 0.15) is 0 Å². The lowest BCUT2D eigenvalue weighted by molar-refractivity contribution is 0.773. The van der Waals surface area contributed by atoms with E-state index in [1.54, 1.807) is 0 Å². The Hall–Kier alpha value is -1.76. The molecule has 0 aliphatic heterocycles. The minimum atomic E-state index is 0.973. The summed E-state index contributed by atoms with van der Waals surface area (Å²) in [6.45, 7) is 0.973. The Kier molecular flexibility index (Phi) is 2.37. The molecule has 0 radical (unpaired) electrons. The Balaban J connectivity index is 2.01. The second-order valence-electron chi connectivity index (χ2n) is 4.26. The predicted molar refractivity (Wildman–Crippen MR) is 67.4 cm³/mol. The van der Waals surface area contributed by atoms with Crippen LogP contribution in [0.5, 0.6) is 0 Å². The van der Waals surface area contributed by atoms with Crippen molar-refractivity contribution in [2.75, 3.05) is 0 Å². The monoisotopic (exact) mass is 209 g/mol. The molecule has 80 valence electrons. The second kappa shape index (κ2) is 4.01. The molecule has 1 aliphatic rings. The maximum absolute atomic E-state index is 2.35. The molecule has 1 heterocycles. The van der Waals surface area contributed by atoms with Gasteiger partial charge in [-0.1, -0.05) is 42.5 Å². The van der Waals surface area contributed by atoms with Gasteiger partial charge in [0.25, 0.3) is 0 Å². The van der Waals surface area contributed by atoms with E-state index in [-0.39, 0.29) is 0 Å². The lowest BCUT2D eigenvalue weighted by Crippen LogP contribution is -2.30. The van der Waals surface area contributed by atoms with Gasteiger partial charge in [-0.25, -0.2) is 0 Å². The van der Waals surface area contributed by atoms with Crippen LogP contribution in [0, 0.1) is 0 Å². The molecule has 1 heteroatoms. The molecule has 0 saturated heterocycles. The molecule has 0 fully saturated rings. The summed E-state index contributed by atoms with van der Waals surface area (Å²) in [6, 6.07) is 12.8. The molecule has 0 N–H and O–H groups in total. The summed E-state index contributed by atoms with van der Waals surface area (Å²) in [4.78, 5) is 0. The van der Waals surface area contributed by atoms with Gasteiger partial charge >= 0.3 is 0 Å². The normalized spacial score (nSPS) is 13.8. The third-order valence-corrected chi connectivity index (χ3v) is 3.10. The fourth-order valence-electron chi connectivity index (χ4n) is 2.29. The van der Waals surface area contributed by atoms with Gasteiger partial charge in [0, 0.05) is 18.1 Å². The lowest BCUT2D eigenvalue weighted by Gasteiger charge is -2.05. The first-order chi connectivity index (χ1) is 7.93. The Morgan fingerprint density at radius 3 is 2.62 bits per heavy atom. The smallest absolute Gasteiger partial charge is 0.0476 e. The molecule has 0 bridgehead atoms. The van der Waals surface area contributed by atoms with Crippen molar-refractivity contribution in [3.8, 4) is 0 Å². The van der Waals surface area contributed by atoms with Crippen molar-refractivity contribution < 1.29 is 0 Å². The van der Waals surface area contributed by atoms with Gasteiger partial charge in [-0.2, -0.15) is 0 Å². The first-order valence-electron chi connectivity index (χ1n) is 5.83. The van der Waals surface area contributed by atoms with Crippen molar-refractivity contribution in [1.82, 2.24) is 4.57 Å². The topological polar surface area (TPSA) is 4.93 Å². The Labute approximate surface area is 95.3 Å². The van der Waals surface area contributed by atoms with Crippen molar-refractivity contribution in [3.05, 3.63) is 58.7 Å². The van der Waals surface area contributed by atoms with E-state index in [1.165, 1.54) is 29.0 Å². The van der Waals surface area contributed by atoms with E-state index in [2.05, 4.69) is 59.3 Å². The first-order valence-corrected chi connectivity index (χ1v) is 5.83. The van der Waals surface area contributed by atoms with E-state index in [4.69, 9.17) is 0 Å². The number of hydrogen-bond acceptors (Lipinski definition) is 0. The number of benzene rings is 1. The quantitative estimate of drug-likeness (QED) is 0.712. The van der Waals surface area contributed by atoms with E-state index in [1.807, 2.05) is 0 Å². The van der Waals surface area contributed by atoms with Crippen LogP contribution >= 0.6 is 0 Å². The fourth-order valence-corrected chi connectivity index (χ4v) is 2.29. The summed E-state index contributed by atoms with van der Waals surface area (Å²) >= 11 is 0. The summed E-state index contributed by atoms with van der Waals surface area (Å²) in [6.07, 6.45) is 9.22. The summed E-state index contributed by atoms with van der Waals surface area (Å²) in [7, 11) is 0. The third kappa shape index (κ3) is 1.69. The van der Waals surface area contributed by atoms with Crippen LogP contribution in [-0.4, -0.2) is 4.57 Å². The molecule has 0 unspecified atom stereocenters. The van der Waals surface area contributed by atoms with Crippen LogP contribution in [0.15, 0.2) is 42.6 Å². The van der Waals surface area contributed by atoms with Crippen LogP contribution in [0.2, 0.25) is 0 Å². The average molecular weight is 209 g/mol. The van der Waals surface area contributed by atoms with Gasteiger partial charge in [0.2, 0.25) is 0 Å². The zero-order valence-corrected chi connectivity index (χ0v) is 9.26.